The van der Waals surface area contributed by atoms with E-state index in [0.29, 0.717) is 22.2 Å². The third kappa shape index (κ3) is 4.21. The average Bonchev–Trinajstić information content (AvgIpc) is 2.82. The maximum Gasteiger partial charge on any atom is 0.181 e. The third-order valence-electron chi connectivity index (χ3n) is 3.27. The minimum atomic E-state index is -0.287. The number of likely N-dealkylation sites (N-methyl/N-ethyl adjacent to an activating group) is 1. The summed E-state index contributed by atoms with van der Waals surface area (Å²) in [7, 11) is 1.90. The zero-order valence-corrected chi connectivity index (χ0v) is 14.7. The van der Waals surface area contributed by atoms with Crippen LogP contribution in [0.1, 0.15) is 22.2 Å². The van der Waals surface area contributed by atoms with Gasteiger partial charge in [0.1, 0.15) is 0 Å². The van der Waals surface area contributed by atoms with Gasteiger partial charge in [0.2, 0.25) is 0 Å². The van der Waals surface area contributed by atoms with E-state index in [2.05, 4.69) is 0 Å². The molecule has 0 fully saturated rings. The summed E-state index contributed by atoms with van der Waals surface area (Å²) < 4.78 is 0.748. The highest BCUT2D eigenvalue weighted by Crippen LogP contribution is 2.25. The van der Waals surface area contributed by atoms with Crippen LogP contribution in [0.3, 0.4) is 0 Å². The van der Waals surface area contributed by atoms with E-state index in [4.69, 9.17) is 34.8 Å². The molecule has 112 valence electrons. The van der Waals surface area contributed by atoms with E-state index in [1.54, 1.807) is 18.2 Å². The Hall–Kier alpha value is -0.580. The van der Waals surface area contributed by atoms with Crippen LogP contribution in [0.2, 0.25) is 14.4 Å². The van der Waals surface area contributed by atoms with Crippen LogP contribution < -0.4 is 0 Å². The summed E-state index contributed by atoms with van der Waals surface area (Å²) in [6.07, 6.45) is 0. The van der Waals surface area contributed by atoms with Gasteiger partial charge < -0.3 is 0 Å². The number of benzene rings is 1. The van der Waals surface area contributed by atoms with Crippen molar-refractivity contribution in [3.63, 3.8) is 0 Å². The standard InChI is InChI=1S/C15H14Cl3NOS/c1-9(19(2)8-11-4-6-14(18)21-11)15(20)12-5-3-10(16)7-13(12)17/h3-7,9H,8H2,1-2H3. The quantitative estimate of drug-likeness (QED) is 0.663. The smallest absolute Gasteiger partial charge is 0.181 e. The normalized spacial score (nSPS) is 12.7. The van der Waals surface area contributed by atoms with Crippen molar-refractivity contribution < 1.29 is 4.79 Å². The lowest BCUT2D eigenvalue weighted by molar-refractivity contribution is 0.0863. The largest absolute Gasteiger partial charge is 0.292 e. The van der Waals surface area contributed by atoms with Crippen molar-refractivity contribution in [3.8, 4) is 0 Å². The van der Waals surface area contributed by atoms with Crippen molar-refractivity contribution in [3.05, 3.63) is 55.2 Å². The van der Waals surface area contributed by atoms with E-state index >= 15 is 0 Å². The number of rotatable bonds is 5. The van der Waals surface area contributed by atoms with Gasteiger partial charge in [-0.3, -0.25) is 9.69 Å². The van der Waals surface area contributed by atoms with Crippen molar-refractivity contribution >= 4 is 51.9 Å². The first-order chi connectivity index (χ1) is 9.88. The van der Waals surface area contributed by atoms with E-state index in [-0.39, 0.29) is 11.8 Å². The fourth-order valence-corrected chi connectivity index (χ4v) is 3.59. The Morgan fingerprint density at radius 1 is 1.24 bits per heavy atom. The fourth-order valence-electron chi connectivity index (χ4n) is 1.93. The summed E-state index contributed by atoms with van der Waals surface area (Å²) in [6.45, 7) is 2.53. The number of ketones is 1. The van der Waals surface area contributed by atoms with Crippen molar-refractivity contribution in [2.45, 2.75) is 19.5 Å². The van der Waals surface area contributed by atoms with Crippen LogP contribution in [0.5, 0.6) is 0 Å². The van der Waals surface area contributed by atoms with E-state index in [0.717, 1.165) is 9.21 Å². The molecular formula is C15H14Cl3NOS. The molecule has 0 aliphatic heterocycles. The lowest BCUT2D eigenvalue weighted by Gasteiger charge is -2.23. The van der Waals surface area contributed by atoms with E-state index in [9.17, 15) is 4.79 Å². The predicted molar refractivity (Wildman–Crippen MR) is 91.1 cm³/mol. The first-order valence-corrected chi connectivity index (χ1v) is 8.27. The summed E-state index contributed by atoms with van der Waals surface area (Å²) in [6, 6.07) is 8.46. The molecule has 1 heterocycles. The molecule has 2 rings (SSSR count). The number of carbonyl (C=O) groups is 1. The van der Waals surface area contributed by atoms with Gasteiger partial charge in [0.15, 0.2) is 5.78 Å². The van der Waals surface area contributed by atoms with Gasteiger partial charge in [-0.05, 0) is 44.3 Å². The first kappa shape index (κ1) is 16.8. The predicted octanol–water partition coefficient (Wildman–Crippen LogP) is 5.41. The monoisotopic (exact) mass is 361 g/mol. The fraction of sp³-hybridized carbons (Fsp3) is 0.267. The molecule has 0 amide bonds. The molecule has 6 heteroatoms. The Morgan fingerprint density at radius 3 is 2.52 bits per heavy atom. The molecule has 0 radical (unpaired) electrons. The van der Waals surface area contributed by atoms with Crippen LogP contribution in [0.15, 0.2) is 30.3 Å². The number of nitrogens with zero attached hydrogens (tertiary/aromatic N) is 1. The van der Waals surface area contributed by atoms with Gasteiger partial charge in [0.05, 0.1) is 15.4 Å². The SMILES string of the molecule is CC(C(=O)c1ccc(Cl)cc1Cl)N(C)Cc1ccc(Cl)s1. The lowest BCUT2D eigenvalue weighted by Crippen LogP contribution is -2.35. The summed E-state index contributed by atoms with van der Waals surface area (Å²) >= 11 is 19.4. The molecule has 21 heavy (non-hydrogen) atoms. The van der Waals surface area contributed by atoms with Crippen molar-refractivity contribution in [2.24, 2.45) is 0 Å². The maximum atomic E-state index is 12.5. The van der Waals surface area contributed by atoms with Crippen LogP contribution in [0.4, 0.5) is 0 Å². The van der Waals surface area contributed by atoms with Gasteiger partial charge in [0, 0.05) is 22.0 Å². The number of hydrogen-bond donors (Lipinski definition) is 0. The molecule has 2 nitrogen and oxygen atoms in total. The highest BCUT2D eigenvalue weighted by atomic mass is 35.5. The summed E-state index contributed by atoms with van der Waals surface area (Å²) in [5.41, 5.74) is 0.490. The molecule has 0 spiro atoms. The molecule has 0 saturated carbocycles. The van der Waals surface area contributed by atoms with Gasteiger partial charge in [-0.25, -0.2) is 0 Å². The van der Waals surface area contributed by atoms with E-state index in [1.165, 1.54) is 11.3 Å². The van der Waals surface area contributed by atoms with Crippen molar-refractivity contribution in [2.75, 3.05) is 7.05 Å². The third-order valence-corrected chi connectivity index (χ3v) is 5.03. The molecular weight excluding hydrogens is 349 g/mol. The second-order valence-corrected chi connectivity index (χ2v) is 7.43. The molecule has 0 aliphatic rings. The maximum absolute atomic E-state index is 12.5. The molecule has 1 aromatic carbocycles. The van der Waals surface area contributed by atoms with Crippen LogP contribution in [-0.4, -0.2) is 23.8 Å². The topological polar surface area (TPSA) is 20.3 Å². The van der Waals surface area contributed by atoms with Crippen LogP contribution in [0, 0.1) is 0 Å². The number of Topliss-reactive ketones (excluding diaryl/α,β-unsaturated/α-hetero) is 1. The number of halogens is 3. The molecule has 1 aromatic heterocycles. The summed E-state index contributed by atoms with van der Waals surface area (Å²) in [5.74, 6) is -0.0261. The van der Waals surface area contributed by atoms with Gasteiger partial charge in [0.25, 0.3) is 0 Å². The zero-order valence-electron chi connectivity index (χ0n) is 11.6. The number of thiophene rings is 1. The zero-order chi connectivity index (χ0) is 15.6. The minimum absolute atomic E-state index is 0.0261. The van der Waals surface area contributed by atoms with E-state index < -0.39 is 0 Å². The molecule has 2 aromatic rings. The van der Waals surface area contributed by atoms with Crippen LogP contribution in [-0.2, 0) is 6.54 Å². The number of carbonyl (C=O) groups excluding carboxylic acids is 1. The molecule has 0 saturated heterocycles. The summed E-state index contributed by atoms with van der Waals surface area (Å²) in [5, 5.41) is 0.901. The van der Waals surface area contributed by atoms with Gasteiger partial charge in [-0.1, -0.05) is 34.8 Å². The van der Waals surface area contributed by atoms with Crippen molar-refractivity contribution in [1.82, 2.24) is 4.90 Å². The van der Waals surface area contributed by atoms with Gasteiger partial charge in [-0.2, -0.15) is 0 Å². The molecule has 0 N–H and O–H groups in total. The average molecular weight is 363 g/mol. The minimum Gasteiger partial charge on any atom is -0.292 e. The molecule has 0 bridgehead atoms. The van der Waals surface area contributed by atoms with Gasteiger partial charge in [-0.15, -0.1) is 11.3 Å². The Balaban J connectivity index is 2.11. The Morgan fingerprint density at radius 2 is 1.95 bits per heavy atom. The molecule has 1 atom stereocenters. The summed E-state index contributed by atoms with van der Waals surface area (Å²) in [4.78, 5) is 15.6. The first-order valence-electron chi connectivity index (χ1n) is 6.32. The molecule has 1 unspecified atom stereocenters. The Kier molecular flexibility index (Phi) is 5.69. The van der Waals surface area contributed by atoms with Crippen LogP contribution in [0.25, 0.3) is 0 Å². The van der Waals surface area contributed by atoms with Gasteiger partial charge >= 0.3 is 0 Å². The highest BCUT2D eigenvalue weighted by molar-refractivity contribution is 7.16. The van der Waals surface area contributed by atoms with E-state index in [1.807, 2.05) is 31.0 Å². The Bertz CT molecular complexity index is 656. The Labute approximate surface area is 143 Å². The number of hydrogen-bond acceptors (Lipinski definition) is 3. The van der Waals surface area contributed by atoms with Crippen LogP contribution >= 0.6 is 46.1 Å². The molecule has 0 aliphatic carbocycles. The highest BCUT2D eigenvalue weighted by Gasteiger charge is 2.22. The second-order valence-electron chi connectivity index (χ2n) is 4.79. The van der Waals surface area contributed by atoms with Crippen molar-refractivity contribution in [1.29, 1.82) is 0 Å². The second kappa shape index (κ2) is 7.12. The lowest BCUT2D eigenvalue weighted by atomic mass is 10.0.